The first kappa shape index (κ1) is 12.0. The fraction of sp³-hybridized carbons (Fsp3) is 0.538. The van der Waals surface area contributed by atoms with Crippen LogP contribution in [-0.2, 0) is 6.18 Å². The Bertz CT molecular complexity index is 474. The van der Waals surface area contributed by atoms with Crippen LogP contribution in [0.15, 0.2) is 18.2 Å². The molecule has 5 heteroatoms. The number of nitrogens with one attached hydrogen (secondary N) is 1. The molecule has 2 atom stereocenters. The molecule has 1 aromatic rings. The molecular formula is C13H13F4N. The largest absolute Gasteiger partial charge is 0.416 e. The van der Waals surface area contributed by atoms with Crippen molar-refractivity contribution in [3.8, 4) is 0 Å². The van der Waals surface area contributed by atoms with Crippen molar-refractivity contribution in [2.45, 2.75) is 24.9 Å². The average Bonchev–Trinajstić information content (AvgIpc) is 2.76. The van der Waals surface area contributed by atoms with E-state index in [2.05, 4.69) is 5.32 Å². The van der Waals surface area contributed by atoms with Crippen LogP contribution < -0.4 is 5.32 Å². The first-order chi connectivity index (χ1) is 8.42. The first-order valence-corrected chi connectivity index (χ1v) is 6.00. The second kappa shape index (κ2) is 3.70. The molecule has 0 aromatic heterocycles. The first-order valence-electron chi connectivity index (χ1n) is 6.00. The van der Waals surface area contributed by atoms with E-state index in [1.807, 2.05) is 0 Å². The Hall–Kier alpha value is -1.10. The third kappa shape index (κ3) is 1.81. The molecule has 1 saturated heterocycles. The summed E-state index contributed by atoms with van der Waals surface area (Å²) in [4.78, 5) is 0. The van der Waals surface area contributed by atoms with Gasteiger partial charge in [0.2, 0.25) is 0 Å². The van der Waals surface area contributed by atoms with Gasteiger partial charge in [-0.05, 0) is 48.4 Å². The van der Waals surface area contributed by atoms with Crippen molar-refractivity contribution in [2.24, 2.45) is 5.41 Å². The summed E-state index contributed by atoms with van der Waals surface area (Å²) in [6, 6.07) is 3.04. The Morgan fingerprint density at radius 2 is 2.06 bits per heavy atom. The maximum absolute atomic E-state index is 13.0. The second-order valence-corrected chi connectivity index (χ2v) is 5.28. The monoisotopic (exact) mass is 259 g/mol. The van der Waals surface area contributed by atoms with Crippen LogP contribution in [0, 0.1) is 11.2 Å². The van der Waals surface area contributed by atoms with Gasteiger partial charge in [0.25, 0.3) is 0 Å². The van der Waals surface area contributed by atoms with Crippen LogP contribution in [0.25, 0.3) is 0 Å². The molecule has 1 aromatic carbocycles. The van der Waals surface area contributed by atoms with E-state index >= 15 is 0 Å². The summed E-state index contributed by atoms with van der Waals surface area (Å²) in [7, 11) is 0. The molecule has 2 fully saturated rings. The van der Waals surface area contributed by atoms with Crippen LogP contribution in [0.1, 0.15) is 29.9 Å². The molecule has 1 aliphatic heterocycles. The minimum absolute atomic E-state index is 0.0160. The molecule has 1 N–H and O–H groups in total. The summed E-state index contributed by atoms with van der Waals surface area (Å²) in [5.74, 6) is -0.907. The molecule has 0 unspecified atom stereocenters. The van der Waals surface area contributed by atoms with E-state index in [4.69, 9.17) is 0 Å². The van der Waals surface area contributed by atoms with Gasteiger partial charge in [0.1, 0.15) is 5.82 Å². The summed E-state index contributed by atoms with van der Waals surface area (Å²) >= 11 is 0. The van der Waals surface area contributed by atoms with Crippen molar-refractivity contribution in [1.82, 2.24) is 5.32 Å². The highest BCUT2D eigenvalue weighted by molar-refractivity contribution is 5.40. The van der Waals surface area contributed by atoms with E-state index in [9.17, 15) is 17.6 Å². The highest BCUT2D eigenvalue weighted by Gasteiger charge is 2.57. The lowest BCUT2D eigenvalue weighted by molar-refractivity contribution is -0.138. The number of benzene rings is 1. The lowest BCUT2D eigenvalue weighted by Gasteiger charge is -2.15. The zero-order valence-corrected chi connectivity index (χ0v) is 9.65. The van der Waals surface area contributed by atoms with E-state index in [1.165, 1.54) is 6.07 Å². The maximum Gasteiger partial charge on any atom is 0.416 e. The number of alkyl halides is 3. The van der Waals surface area contributed by atoms with Gasteiger partial charge in [-0.1, -0.05) is 6.07 Å². The van der Waals surface area contributed by atoms with E-state index in [1.54, 1.807) is 0 Å². The van der Waals surface area contributed by atoms with Crippen LogP contribution in [0.5, 0.6) is 0 Å². The predicted molar refractivity (Wildman–Crippen MR) is 58.7 cm³/mol. The molecule has 1 spiro atoms. The highest BCUT2D eigenvalue weighted by Crippen LogP contribution is 2.63. The third-order valence-electron chi connectivity index (χ3n) is 4.16. The topological polar surface area (TPSA) is 12.0 Å². The fourth-order valence-corrected chi connectivity index (χ4v) is 3.10. The fourth-order valence-electron chi connectivity index (χ4n) is 3.10. The molecule has 3 rings (SSSR count). The molecular weight excluding hydrogens is 246 g/mol. The number of hydrogen-bond donors (Lipinski definition) is 1. The predicted octanol–water partition coefficient (Wildman–Crippen LogP) is 3.31. The summed E-state index contributed by atoms with van der Waals surface area (Å²) in [5.41, 5.74) is -0.568. The lowest BCUT2D eigenvalue weighted by Crippen LogP contribution is -2.13. The van der Waals surface area contributed by atoms with Gasteiger partial charge in [-0.2, -0.15) is 13.2 Å². The molecule has 1 nitrogen and oxygen atoms in total. The maximum atomic E-state index is 13.0. The van der Waals surface area contributed by atoms with Crippen LogP contribution in [0.4, 0.5) is 17.6 Å². The molecule has 1 aliphatic carbocycles. The van der Waals surface area contributed by atoms with Gasteiger partial charge in [0.15, 0.2) is 0 Å². The van der Waals surface area contributed by atoms with Crippen molar-refractivity contribution in [3.63, 3.8) is 0 Å². The van der Waals surface area contributed by atoms with Crippen LogP contribution >= 0.6 is 0 Å². The van der Waals surface area contributed by atoms with Gasteiger partial charge in [-0.15, -0.1) is 0 Å². The summed E-state index contributed by atoms with van der Waals surface area (Å²) in [6.45, 7) is 1.63. The lowest BCUT2D eigenvalue weighted by atomic mass is 9.94. The van der Waals surface area contributed by atoms with Gasteiger partial charge >= 0.3 is 6.18 Å². The van der Waals surface area contributed by atoms with Gasteiger partial charge in [0.05, 0.1) is 5.56 Å². The molecule has 0 bridgehead atoms. The van der Waals surface area contributed by atoms with Gasteiger partial charge < -0.3 is 5.32 Å². The molecule has 2 aliphatic rings. The Kier molecular flexibility index (Phi) is 2.46. The Balaban J connectivity index is 1.98. The van der Waals surface area contributed by atoms with Gasteiger partial charge in [-0.25, -0.2) is 4.39 Å². The van der Waals surface area contributed by atoms with Crippen molar-refractivity contribution in [3.05, 3.63) is 35.1 Å². The molecule has 1 saturated carbocycles. The molecule has 1 heterocycles. The van der Waals surface area contributed by atoms with E-state index in [0.717, 1.165) is 32.0 Å². The van der Waals surface area contributed by atoms with Crippen molar-refractivity contribution in [2.75, 3.05) is 13.1 Å². The summed E-state index contributed by atoms with van der Waals surface area (Å²) in [5, 5.41) is 3.19. The zero-order valence-electron chi connectivity index (χ0n) is 9.65. The Labute approximate surface area is 102 Å². The Morgan fingerprint density at radius 3 is 2.67 bits per heavy atom. The third-order valence-corrected chi connectivity index (χ3v) is 4.16. The second-order valence-electron chi connectivity index (χ2n) is 5.28. The van der Waals surface area contributed by atoms with Crippen LogP contribution in [-0.4, -0.2) is 13.1 Å². The minimum atomic E-state index is -4.48. The van der Waals surface area contributed by atoms with Crippen LogP contribution in [0.2, 0.25) is 0 Å². The minimum Gasteiger partial charge on any atom is -0.316 e. The summed E-state index contributed by atoms with van der Waals surface area (Å²) < 4.78 is 51.7. The standard InChI is InChI=1S/C13H13F4N/c14-8-1-2-9(10(5-8)13(15,16)17)11-6-12(11)3-4-18-7-12/h1-2,5,11,18H,3-4,6-7H2/t11-,12-/m1/s1. The quantitative estimate of drug-likeness (QED) is 0.763. The van der Waals surface area contributed by atoms with E-state index < -0.39 is 17.6 Å². The van der Waals surface area contributed by atoms with E-state index in [0.29, 0.717) is 6.07 Å². The average molecular weight is 259 g/mol. The highest BCUT2D eigenvalue weighted by atomic mass is 19.4. The smallest absolute Gasteiger partial charge is 0.316 e. The Morgan fingerprint density at radius 1 is 1.28 bits per heavy atom. The van der Waals surface area contributed by atoms with E-state index in [-0.39, 0.29) is 16.9 Å². The molecule has 98 valence electrons. The summed E-state index contributed by atoms with van der Waals surface area (Å²) in [6.07, 6.45) is -2.80. The SMILES string of the molecule is Fc1ccc([C@H]2C[C@@]23CCNC3)c(C(F)(F)F)c1. The van der Waals surface area contributed by atoms with Gasteiger partial charge in [-0.3, -0.25) is 0 Å². The number of rotatable bonds is 1. The molecule has 0 radical (unpaired) electrons. The molecule has 18 heavy (non-hydrogen) atoms. The van der Waals surface area contributed by atoms with Crippen molar-refractivity contribution >= 4 is 0 Å². The molecule has 0 amide bonds. The van der Waals surface area contributed by atoms with Crippen molar-refractivity contribution in [1.29, 1.82) is 0 Å². The zero-order chi connectivity index (χ0) is 13.0. The van der Waals surface area contributed by atoms with Gasteiger partial charge in [0, 0.05) is 6.54 Å². The number of halogens is 4. The number of hydrogen-bond acceptors (Lipinski definition) is 1. The normalized spacial score (nSPS) is 31.0. The van der Waals surface area contributed by atoms with Crippen molar-refractivity contribution < 1.29 is 17.6 Å². The van der Waals surface area contributed by atoms with Crippen LogP contribution in [0.3, 0.4) is 0 Å².